The normalized spacial score (nSPS) is 16.0. The SMILES string of the molecule is CN1CC[N](c2c(F)c(F)c(F)c(F)c2F)[Sn][N](c2c(F)c(F)c(F)c(F)c2F)CC1. The molecule has 2 aromatic carbocycles. The third-order valence-corrected chi connectivity index (χ3v) is 8.50. The van der Waals surface area contributed by atoms with Crippen molar-refractivity contribution in [2.24, 2.45) is 0 Å². The molecule has 1 heterocycles. The molecule has 168 valence electrons. The van der Waals surface area contributed by atoms with Gasteiger partial charge >= 0.3 is 180 Å². The Labute approximate surface area is 179 Å². The predicted molar refractivity (Wildman–Crippen MR) is 90.4 cm³/mol. The van der Waals surface area contributed by atoms with Gasteiger partial charge in [-0.05, 0) is 0 Å². The number of benzene rings is 2. The molecule has 1 aliphatic heterocycles. The summed E-state index contributed by atoms with van der Waals surface area (Å²) < 4.78 is 140. The van der Waals surface area contributed by atoms with Crippen LogP contribution in [-0.4, -0.2) is 59.8 Å². The van der Waals surface area contributed by atoms with Gasteiger partial charge in [0.25, 0.3) is 0 Å². The number of hydrogen-bond donors (Lipinski definition) is 0. The zero-order chi connectivity index (χ0) is 23.2. The molecule has 1 aliphatic rings. The van der Waals surface area contributed by atoms with E-state index in [1.165, 1.54) is 11.9 Å². The number of halogens is 10. The van der Waals surface area contributed by atoms with Gasteiger partial charge in [0.1, 0.15) is 0 Å². The molecule has 0 spiro atoms. The molecule has 14 heteroatoms. The van der Waals surface area contributed by atoms with Gasteiger partial charge in [-0.25, -0.2) is 0 Å². The number of anilines is 2. The van der Waals surface area contributed by atoms with E-state index in [0.29, 0.717) is 0 Å². The van der Waals surface area contributed by atoms with Crippen molar-refractivity contribution in [2.75, 3.05) is 39.5 Å². The van der Waals surface area contributed by atoms with E-state index in [4.69, 9.17) is 0 Å². The Morgan fingerprint density at radius 3 is 1.00 bits per heavy atom. The summed E-state index contributed by atoms with van der Waals surface area (Å²) >= 11 is -2.91. The number of likely N-dealkylation sites (N-methyl/N-ethyl adjacent to an activating group) is 1. The van der Waals surface area contributed by atoms with Gasteiger partial charge in [0.2, 0.25) is 0 Å². The van der Waals surface area contributed by atoms with Gasteiger partial charge < -0.3 is 0 Å². The van der Waals surface area contributed by atoms with Gasteiger partial charge in [0.15, 0.2) is 0 Å². The van der Waals surface area contributed by atoms with Crippen LogP contribution in [0.1, 0.15) is 0 Å². The van der Waals surface area contributed by atoms with E-state index in [9.17, 15) is 43.9 Å². The van der Waals surface area contributed by atoms with Crippen molar-refractivity contribution < 1.29 is 43.9 Å². The zero-order valence-electron chi connectivity index (χ0n) is 15.4. The summed E-state index contributed by atoms with van der Waals surface area (Å²) in [6.07, 6.45) is 0. The minimum atomic E-state index is -2.91. The molecule has 2 aromatic rings. The molecular formula is C17H11F10N3Sn. The Kier molecular flexibility index (Phi) is 6.83. The van der Waals surface area contributed by atoms with E-state index < -0.39 is 91.2 Å². The van der Waals surface area contributed by atoms with E-state index in [0.717, 1.165) is 6.24 Å². The summed E-state index contributed by atoms with van der Waals surface area (Å²) in [7, 11) is 1.49. The summed E-state index contributed by atoms with van der Waals surface area (Å²) in [5.41, 5.74) is -2.63. The summed E-state index contributed by atoms with van der Waals surface area (Å²) in [6, 6.07) is 0. The van der Waals surface area contributed by atoms with Gasteiger partial charge in [-0.2, -0.15) is 0 Å². The van der Waals surface area contributed by atoms with Gasteiger partial charge in [-0.15, -0.1) is 0 Å². The van der Waals surface area contributed by atoms with Crippen LogP contribution in [0.3, 0.4) is 0 Å². The van der Waals surface area contributed by atoms with Crippen LogP contribution in [0.4, 0.5) is 55.3 Å². The minimum absolute atomic E-state index is 0.0747. The van der Waals surface area contributed by atoms with Crippen LogP contribution in [0.2, 0.25) is 0 Å². The maximum absolute atomic E-state index is 14.3. The second-order valence-corrected chi connectivity index (χ2v) is 10.2. The second-order valence-electron chi connectivity index (χ2n) is 6.54. The third kappa shape index (κ3) is 4.13. The van der Waals surface area contributed by atoms with Gasteiger partial charge in [-0.3, -0.25) is 0 Å². The first kappa shape index (κ1) is 23.8. The molecule has 1 saturated heterocycles. The van der Waals surface area contributed by atoms with Crippen molar-refractivity contribution in [1.29, 1.82) is 0 Å². The average molecular weight is 566 g/mol. The summed E-state index contributed by atoms with van der Waals surface area (Å²) in [5.74, 6) is -22.3. The molecule has 0 aliphatic carbocycles. The van der Waals surface area contributed by atoms with Crippen LogP contribution >= 0.6 is 0 Å². The molecular weight excluding hydrogens is 555 g/mol. The Hall–Kier alpha value is -1.90. The summed E-state index contributed by atoms with van der Waals surface area (Å²) in [4.78, 5) is 1.50. The molecule has 31 heavy (non-hydrogen) atoms. The molecule has 1 fully saturated rings. The first-order valence-electron chi connectivity index (χ1n) is 8.50. The third-order valence-electron chi connectivity index (χ3n) is 4.57. The summed E-state index contributed by atoms with van der Waals surface area (Å²) in [6.45, 7) is -0.476. The Morgan fingerprint density at radius 2 is 0.710 bits per heavy atom. The van der Waals surface area contributed by atoms with E-state index in [1.54, 1.807) is 0 Å². The van der Waals surface area contributed by atoms with Crippen LogP contribution in [-0.2, 0) is 0 Å². The molecule has 0 N–H and O–H groups in total. The van der Waals surface area contributed by atoms with Crippen molar-refractivity contribution in [1.82, 2.24) is 4.90 Å². The molecule has 0 aromatic heterocycles. The predicted octanol–water partition coefficient (Wildman–Crippen LogP) is 3.87. The molecule has 0 unspecified atom stereocenters. The fourth-order valence-corrected chi connectivity index (χ4v) is 6.55. The Balaban J connectivity index is 2.15. The second kappa shape index (κ2) is 8.92. The maximum atomic E-state index is 14.3. The van der Waals surface area contributed by atoms with Crippen LogP contribution in [0.25, 0.3) is 0 Å². The van der Waals surface area contributed by atoms with E-state index in [1.807, 2.05) is 0 Å². The monoisotopic (exact) mass is 567 g/mol. The fourth-order valence-electron chi connectivity index (χ4n) is 2.88. The quantitative estimate of drug-likeness (QED) is 0.237. The van der Waals surface area contributed by atoms with Crippen molar-refractivity contribution >= 4 is 33.1 Å². The van der Waals surface area contributed by atoms with E-state index in [-0.39, 0.29) is 26.2 Å². The average Bonchev–Trinajstić information content (AvgIpc) is 2.73. The topological polar surface area (TPSA) is 9.72 Å². The molecule has 0 amide bonds. The van der Waals surface area contributed by atoms with Crippen LogP contribution in [0, 0.1) is 58.2 Å². The van der Waals surface area contributed by atoms with Crippen LogP contribution in [0.5, 0.6) is 0 Å². The molecule has 3 nitrogen and oxygen atoms in total. The number of rotatable bonds is 2. The molecule has 0 bridgehead atoms. The molecule has 0 saturated carbocycles. The van der Waals surface area contributed by atoms with Crippen molar-refractivity contribution in [2.45, 2.75) is 0 Å². The summed E-state index contributed by atoms with van der Waals surface area (Å²) in [5, 5.41) is 0. The fraction of sp³-hybridized carbons (Fsp3) is 0.294. The van der Waals surface area contributed by atoms with Gasteiger partial charge in [0.05, 0.1) is 0 Å². The standard InChI is InChI=1S/C17H11F10N3.Sn/c1-30(4-2-28-16-12(24)8(20)6(18)9(21)13(16)25)5-3-29-17-14(26)10(22)7(19)11(23)15(17)27;/h2-5H2,1H3;/q-2;+2. The number of nitrogens with zero attached hydrogens (tertiary/aromatic N) is 3. The number of hydrogen-bond acceptors (Lipinski definition) is 3. The Morgan fingerprint density at radius 1 is 0.452 bits per heavy atom. The van der Waals surface area contributed by atoms with E-state index in [2.05, 4.69) is 0 Å². The zero-order valence-corrected chi connectivity index (χ0v) is 18.3. The van der Waals surface area contributed by atoms with Crippen molar-refractivity contribution in [3.05, 3.63) is 58.2 Å². The van der Waals surface area contributed by atoms with Gasteiger partial charge in [-0.1, -0.05) is 0 Å². The van der Waals surface area contributed by atoms with Crippen LogP contribution < -0.4 is 6.24 Å². The van der Waals surface area contributed by atoms with Crippen molar-refractivity contribution in [3.63, 3.8) is 0 Å². The first-order chi connectivity index (χ1) is 14.5. The first-order valence-corrected chi connectivity index (χ1v) is 11.0. The van der Waals surface area contributed by atoms with Gasteiger partial charge in [0, 0.05) is 0 Å². The molecule has 0 atom stereocenters. The molecule has 2 radical (unpaired) electrons. The van der Waals surface area contributed by atoms with Crippen LogP contribution in [0.15, 0.2) is 0 Å². The van der Waals surface area contributed by atoms with Crippen molar-refractivity contribution in [3.8, 4) is 0 Å². The Bertz CT molecular complexity index is 897. The molecule has 3 rings (SSSR count). The van der Waals surface area contributed by atoms with E-state index >= 15 is 0 Å².